The molecule has 178 valence electrons. The van der Waals surface area contributed by atoms with Gasteiger partial charge < -0.3 is 10.4 Å². The van der Waals surface area contributed by atoms with Crippen LogP contribution in [-0.2, 0) is 10.1 Å². The Kier molecular flexibility index (Phi) is 5.93. The maximum Gasteiger partial charge on any atom is 0.297 e. The molecule has 36 heavy (non-hydrogen) atoms. The second-order valence-electron chi connectivity index (χ2n) is 7.97. The van der Waals surface area contributed by atoms with Gasteiger partial charge in [0, 0.05) is 16.5 Å². The minimum absolute atomic E-state index is 0.0132. The number of para-hydroxylation sites is 1. The van der Waals surface area contributed by atoms with Crippen LogP contribution in [0.15, 0.2) is 112 Å². The summed E-state index contributed by atoms with van der Waals surface area (Å²) in [5, 5.41) is 24.0. The molecule has 0 aliphatic rings. The van der Waals surface area contributed by atoms with Crippen LogP contribution in [0.5, 0.6) is 5.75 Å². The van der Waals surface area contributed by atoms with Gasteiger partial charge in [0.1, 0.15) is 16.3 Å². The van der Waals surface area contributed by atoms with Crippen molar-refractivity contribution in [3.8, 4) is 5.75 Å². The molecule has 0 bridgehead atoms. The Hall–Kier alpha value is -4.60. The summed E-state index contributed by atoms with van der Waals surface area (Å²) in [7, 11) is -4.65. The van der Waals surface area contributed by atoms with Crippen molar-refractivity contribution in [2.45, 2.75) is 4.90 Å². The van der Waals surface area contributed by atoms with E-state index in [2.05, 4.69) is 15.5 Å². The monoisotopic (exact) mass is 497 g/mol. The quantitative estimate of drug-likeness (QED) is 0.186. The third kappa shape index (κ3) is 4.40. The number of anilines is 1. The topological polar surface area (TPSA) is 128 Å². The summed E-state index contributed by atoms with van der Waals surface area (Å²) in [5.74, 6) is -0.967. The Bertz CT molecular complexity index is 1770. The fourth-order valence-electron chi connectivity index (χ4n) is 4.00. The van der Waals surface area contributed by atoms with Crippen LogP contribution < -0.4 is 5.32 Å². The van der Waals surface area contributed by atoms with Gasteiger partial charge in [0.25, 0.3) is 16.0 Å². The van der Waals surface area contributed by atoms with Crippen LogP contribution in [0, 0.1) is 0 Å². The molecule has 5 aromatic rings. The molecule has 0 spiro atoms. The van der Waals surface area contributed by atoms with Gasteiger partial charge in [0.05, 0.1) is 5.56 Å². The van der Waals surface area contributed by atoms with Crippen LogP contribution in [0.4, 0.5) is 17.1 Å². The van der Waals surface area contributed by atoms with Crippen molar-refractivity contribution in [1.29, 1.82) is 0 Å². The number of rotatable bonds is 5. The molecule has 0 saturated carbocycles. The largest absolute Gasteiger partial charge is 0.505 e. The number of aromatic hydroxyl groups is 1. The summed E-state index contributed by atoms with van der Waals surface area (Å²) in [6, 6.07) is 27.0. The van der Waals surface area contributed by atoms with Crippen molar-refractivity contribution >= 4 is 54.6 Å². The zero-order valence-electron chi connectivity index (χ0n) is 18.7. The van der Waals surface area contributed by atoms with E-state index in [4.69, 9.17) is 0 Å². The number of phenolic OH excluding ortho intramolecular Hbond substituents is 1. The third-order valence-corrected chi connectivity index (χ3v) is 6.59. The molecule has 0 heterocycles. The van der Waals surface area contributed by atoms with Crippen LogP contribution in [0.25, 0.3) is 21.5 Å². The van der Waals surface area contributed by atoms with E-state index in [1.165, 1.54) is 6.07 Å². The molecule has 3 N–H and O–H groups in total. The Morgan fingerprint density at radius 3 is 2.11 bits per heavy atom. The molecule has 0 fully saturated rings. The highest BCUT2D eigenvalue weighted by molar-refractivity contribution is 7.86. The number of phenols is 1. The first-order chi connectivity index (χ1) is 17.3. The molecule has 1 amide bonds. The Labute approximate surface area is 206 Å². The molecule has 0 unspecified atom stereocenters. The Balaban J connectivity index is 1.66. The summed E-state index contributed by atoms with van der Waals surface area (Å²) in [6.45, 7) is 0. The van der Waals surface area contributed by atoms with Crippen LogP contribution in [0.1, 0.15) is 10.4 Å². The van der Waals surface area contributed by atoms with Gasteiger partial charge >= 0.3 is 0 Å². The van der Waals surface area contributed by atoms with Crippen molar-refractivity contribution < 1.29 is 22.9 Å². The molecule has 0 saturated heterocycles. The molecule has 5 rings (SSSR count). The number of carbonyl (C=O) groups excluding carboxylic acids is 1. The molecule has 0 aromatic heterocycles. The number of carbonyl (C=O) groups is 1. The number of nitrogens with one attached hydrogen (secondary N) is 1. The number of azo groups is 1. The van der Waals surface area contributed by atoms with E-state index in [0.717, 1.165) is 0 Å². The lowest BCUT2D eigenvalue weighted by Crippen LogP contribution is -2.12. The molecule has 0 aliphatic carbocycles. The van der Waals surface area contributed by atoms with Crippen LogP contribution in [0.2, 0.25) is 0 Å². The summed E-state index contributed by atoms with van der Waals surface area (Å²) in [6.07, 6.45) is 0. The molecule has 0 radical (unpaired) electrons. The van der Waals surface area contributed by atoms with Crippen molar-refractivity contribution in [1.82, 2.24) is 0 Å². The van der Waals surface area contributed by atoms with Crippen molar-refractivity contribution in [2.24, 2.45) is 10.2 Å². The van der Waals surface area contributed by atoms with Crippen molar-refractivity contribution in [2.75, 3.05) is 5.32 Å². The van der Waals surface area contributed by atoms with Crippen LogP contribution >= 0.6 is 0 Å². The van der Waals surface area contributed by atoms with Gasteiger partial charge in [0.2, 0.25) is 0 Å². The van der Waals surface area contributed by atoms with E-state index < -0.39 is 26.7 Å². The number of hydrogen-bond acceptors (Lipinski definition) is 6. The van der Waals surface area contributed by atoms with Gasteiger partial charge in [-0.15, -0.1) is 10.2 Å². The highest BCUT2D eigenvalue weighted by Gasteiger charge is 2.21. The highest BCUT2D eigenvalue weighted by atomic mass is 32.2. The number of nitrogens with zero attached hydrogens (tertiary/aromatic N) is 2. The minimum atomic E-state index is -4.65. The molecular formula is C27H19N3O5S. The maximum atomic E-state index is 13.0. The van der Waals surface area contributed by atoms with E-state index in [1.54, 1.807) is 84.9 Å². The summed E-state index contributed by atoms with van der Waals surface area (Å²) in [4.78, 5) is 12.6. The summed E-state index contributed by atoms with van der Waals surface area (Å²) in [5.41, 5.74) is 0.395. The van der Waals surface area contributed by atoms with E-state index in [0.29, 0.717) is 21.8 Å². The summed E-state index contributed by atoms with van der Waals surface area (Å²) >= 11 is 0. The predicted molar refractivity (Wildman–Crippen MR) is 138 cm³/mol. The molecule has 8 nitrogen and oxygen atoms in total. The maximum absolute atomic E-state index is 13.0. The van der Waals surface area contributed by atoms with Crippen LogP contribution in [0.3, 0.4) is 0 Å². The number of hydrogen-bond donors (Lipinski definition) is 3. The van der Waals surface area contributed by atoms with Gasteiger partial charge in [-0.05, 0) is 35.0 Å². The molecule has 0 atom stereocenters. The first-order valence-electron chi connectivity index (χ1n) is 10.8. The van der Waals surface area contributed by atoms with E-state index in [-0.39, 0.29) is 22.3 Å². The average Bonchev–Trinajstić information content (AvgIpc) is 2.87. The highest BCUT2D eigenvalue weighted by Crippen LogP contribution is 2.41. The van der Waals surface area contributed by atoms with Crippen LogP contribution in [-0.4, -0.2) is 24.0 Å². The van der Waals surface area contributed by atoms with Gasteiger partial charge in [-0.3, -0.25) is 9.35 Å². The second-order valence-corrected chi connectivity index (χ2v) is 9.33. The molecule has 0 aliphatic heterocycles. The first kappa shape index (κ1) is 23.2. The lowest BCUT2D eigenvalue weighted by Gasteiger charge is -2.11. The Morgan fingerprint density at radius 2 is 1.39 bits per heavy atom. The number of fused-ring (bicyclic) bond motifs is 2. The fourth-order valence-corrected chi connectivity index (χ4v) is 4.83. The zero-order valence-corrected chi connectivity index (χ0v) is 19.5. The standard InChI is InChI=1S/C27H19N3O5S/c31-25-22(27(32)28-19-10-2-1-3-11-19)16-18-9-5-6-12-20(18)24(25)30-29-23-15-14-17-8-4-7-13-21(17)26(23)36(33,34)35/h1-16,31H,(H,28,32)(H,33,34,35). The third-order valence-electron chi connectivity index (χ3n) is 5.65. The molecule has 9 heteroatoms. The number of amides is 1. The van der Waals surface area contributed by atoms with Gasteiger partial charge in [-0.25, -0.2) is 0 Å². The second kappa shape index (κ2) is 9.21. The van der Waals surface area contributed by atoms with Gasteiger partial charge in [-0.1, -0.05) is 72.8 Å². The normalized spacial score (nSPS) is 11.8. The lowest BCUT2D eigenvalue weighted by atomic mass is 10.0. The fraction of sp³-hybridized carbons (Fsp3) is 0. The lowest BCUT2D eigenvalue weighted by molar-refractivity contribution is 0.102. The van der Waals surface area contributed by atoms with Crippen molar-refractivity contribution in [3.05, 3.63) is 103 Å². The zero-order chi connectivity index (χ0) is 25.3. The van der Waals surface area contributed by atoms with E-state index in [9.17, 15) is 22.9 Å². The summed E-state index contributed by atoms with van der Waals surface area (Å²) < 4.78 is 34.4. The molecular weight excluding hydrogens is 478 g/mol. The van der Waals surface area contributed by atoms with E-state index in [1.807, 2.05) is 6.07 Å². The van der Waals surface area contributed by atoms with Gasteiger partial charge in [-0.2, -0.15) is 8.42 Å². The first-order valence-corrected chi connectivity index (χ1v) is 12.3. The minimum Gasteiger partial charge on any atom is -0.505 e. The number of benzene rings is 5. The SMILES string of the molecule is O=C(Nc1ccccc1)c1cc2ccccc2c(N=Nc2ccc3ccccc3c2S(=O)(=O)O)c1O. The average molecular weight is 498 g/mol. The predicted octanol–water partition coefficient (Wildman–Crippen LogP) is 6.61. The molecule has 5 aromatic carbocycles. The van der Waals surface area contributed by atoms with Crippen molar-refractivity contribution in [3.63, 3.8) is 0 Å². The van der Waals surface area contributed by atoms with Gasteiger partial charge in [0.15, 0.2) is 5.75 Å². The van der Waals surface area contributed by atoms with E-state index >= 15 is 0 Å². The Morgan fingerprint density at radius 1 is 0.750 bits per heavy atom. The smallest absolute Gasteiger partial charge is 0.297 e.